The van der Waals surface area contributed by atoms with Gasteiger partial charge in [0.2, 0.25) is 0 Å². The first kappa shape index (κ1) is 22.2. The standard InChI is InChI=1S/C18H18Cl2N6O3S/c1-9-15(17(29)21-5-6-27)30-18(22-9)23-16(28)14-10(2)26(25-24-14)8-11-3-4-12(19)13(20)7-11/h3-4,7,27H,5-6,8H2,1-2H3,(H,21,29)(H,22,23,28). The number of thiazole rings is 1. The van der Waals surface area contributed by atoms with Crippen LogP contribution >= 0.6 is 34.5 Å². The van der Waals surface area contributed by atoms with Crippen molar-refractivity contribution >= 4 is 51.5 Å². The minimum absolute atomic E-state index is 0.138. The number of aliphatic hydroxyl groups excluding tert-OH is 1. The Labute approximate surface area is 186 Å². The van der Waals surface area contributed by atoms with Gasteiger partial charge in [0.15, 0.2) is 10.8 Å². The summed E-state index contributed by atoms with van der Waals surface area (Å²) in [5.74, 6) is -0.841. The Morgan fingerprint density at radius 3 is 2.67 bits per heavy atom. The Balaban J connectivity index is 1.72. The van der Waals surface area contributed by atoms with Crippen molar-refractivity contribution < 1.29 is 14.7 Å². The lowest BCUT2D eigenvalue weighted by atomic mass is 10.2. The fraction of sp³-hybridized carbons (Fsp3) is 0.278. The van der Waals surface area contributed by atoms with Crippen LogP contribution in [0.3, 0.4) is 0 Å². The minimum atomic E-state index is -0.482. The average molecular weight is 469 g/mol. The third kappa shape index (κ3) is 4.96. The Hall–Kier alpha value is -2.53. The van der Waals surface area contributed by atoms with E-state index in [1.165, 1.54) is 0 Å². The van der Waals surface area contributed by atoms with E-state index in [9.17, 15) is 9.59 Å². The Morgan fingerprint density at radius 2 is 1.97 bits per heavy atom. The van der Waals surface area contributed by atoms with Gasteiger partial charge in [-0.05, 0) is 31.5 Å². The van der Waals surface area contributed by atoms with Crippen molar-refractivity contribution in [3.05, 3.63) is 55.8 Å². The molecule has 0 saturated carbocycles. The van der Waals surface area contributed by atoms with Crippen molar-refractivity contribution in [2.45, 2.75) is 20.4 Å². The van der Waals surface area contributed by atoms with E-state index in [1.807, 2.05) is 6.07 Å². The van der Waals surface area contributed by atoms with Crippen LogP contribution in [0.25, 0.3) is 0 Å². The second-order valence-electron chi connectivity index (χ2n) is 6.30. The lowest BCUT2D eigenvalue weighted by Gasteiger charge is -2.05. The highest BCUT2D eigenvalue weighted by atomic mass is 35.5. The van der Waals surface area contributed by atoms with Crippen LogP contribution in [-0.2, 0) is 6.54 Å². The molecular weight excluding hydrogens is 451 g/mol. The van der Waals surface area contributed by atoms with Gasteiger partial charge in [0.25, 0.3) is 11.8 Å². The molecular formula is C18H18Cl2N6O3S. The summed E-state index contributed by atoms with van der Waals surface area (Å²) in [4.78, 5) is 29.3. The zero-order chi connectivity index (χ0) is 21.8. The van der Waals surface area contributed by atoms with Gasteiger partial charge < -0.3 is 10.4 Å². The maximum absolute atomic E-state index is 12.6. The molecule has 0 saturated heterocycles. The fourth-order valence-corrected chi connectivity index (χ4v) is 3.80. The van der Waals surface area contributed by atoms with E-state index in [4.69, 9.17) is 28.3 Å². The molecule has 158 valence electrons. The normalized spacial score (nSPS) is 10.8. The molecule has 30 heavy (non-hydrogen) atoms. The molecule has 0 spiro atoms. The van der Waals surface area contributed by atoms with Crippen molar-refractivity contribution in [2.75, 3.05) is 18.5 Å². The summed E-state index contributed by atoms with van der Waals surface area (Å²) in [6, 6.07) is 5.24. The first-order valence-corrected chi connectivity index (χ1v) is 10.4. The number of carbonyl (C=O) groups excluding carboxylic acids is 2. The average Bonchev–Trinajstić information content (AvgIpc) is 3.25. The van der Waals surface area contributed by atoms with Gasteiger partial charge >= 0.3 is 0 Å². The number of nitrogens with one attached hydrogen (secondary N) is 2. The van der Waals surface area contributed by atoms with Gasteiger partial charge in [-0.15, -0.1) is 5.10 Å². The van der Waals surface area contributed by atoms with Gasteiger partial charge in [-0.25, -0.2) is 9.67 Å². The van der Waals surface area contributed by atoms with E-state index in [2.05, 4.69) is 25.9 Å². The first-order valence-electron chi connectivity index (χ1n) is 8.82. The van der Waals surface area contributed by atoms with Crippen LogP contribution in [0.15, 0.2) is 18.2 Å². The van der Waals surface area contributed by atoms with Crippen molar-refractivity contribution in [1.82, 2.24) is 25.3 Å². The van der Waals surface area contributed by atoms with Crippen LogP contribution in [0.1, 0.15) is 37.1 Å². The summed E-state index contributed by atoms with van der Waals surface area (Å²) < 4.78 is 1.58. The third-order valence-electron chi connectivity index (χ3n) is 4.13. The summed E-state index contributed by atoms with van der Waals surface area (Å²) >= 11 is 13.0. The lowest BCUT2D eigenvalue weighted by molar-refractivity contribution is 0.0947. The van der Waals surface area contributed by atoms with E-state index >= 15 is 0 Å². The molecule has 0 aliphatic heterocycles. The lowest BCUT2D eigenvalue weighted by Crippen LogP contribution is -2.26. The van der Waals surface area contributed by atoms with Crippen molar-refractivity contribution in [1.29, 1.82) is 0 Å². The number of aryl methyl sites for hydroxylation is 1. The highest BCUT2D eigenvalue weighted by Crippen LogP contribution is 2.24. The number of hydrogen-bond donors (Lipinski definition) is 3. The summed E-state index contributed by atoms with van der Waals surface area (Å²) in [5.41, 5.74) is 2.05. The van der Waals surface area contributed by atoms with E-state index in [1.54, 1.807) is 30.7 Å². The number of hydrogen-bond acceptors (Lipinski definition) is 7. The molecule has 3 rings (SSSR count). The molecule has 2 aromatic heterocycles. The molecule has 0 aliphatic rings. The van der Waals surface area contributed by atoms with Gasteiger partial charge in [0.1, 0.15) is 4.88 Å². The maximum Gasteiger partial charge on any atom is 0.279 e. The highest BCUT2D eigenvalue weighted by Gasteiger charge is 2.20. The van der Waals surface area contributed by atoms with Crippen LogP contribution in [0.4, 0.5) is 5.13 Å². The number of aliphatic hydroxyl groups is 1. The van der Waals surface area contributed by atoms with E-state index in [0.717, 1.165) is 16.9 Å². The summed E-state index contributed by atoms with van der Waals surface area (Å²) in [5, 5.41) is 23.2. The molecule has 0 atom stereocenters. The number of halogens is 2. The summed E-state index contributed by atoms with van der Waals surface area (Å²) in [6.07, 6.45) is 0. The number of anilines is 1. The molecule has 1 aromatic carbocycles. The zero-order valence-electron chi connectivity index (χ0n) is 16.1. The molecule has 9 nitrogen and oxygen atoms in total. The zero-order valence-corrected chi connectivity index (χ0v) is 18.4. The van der Waals surface area contributed by atoms with E-state index < -0.39 is 5.91 Å². The van der Waals surface area contributed by atoms with Gasteiger partial charge in [-0.3, -0.25) is 14.9 Å². The van der Waals surface area contributed by atoms with Crippen LogP contribution in [-0.4, -0.2) is 50.1 Å². The molecule has 12 heteroatoms. The summed E-state index contributed by atoms with van der Waals surface area (Å²) in [7, 11) is 0. The van der Waals surface area contributed by atoms with Crippen molar-refractivity contribution in [3.63, 3.8) is 0 Å². The second kappa shape index (κ2) is 9.52. The second-order valence-corrected chi connectivity index (χ2v) is 8.11. The molecule has 2 heterocycles. The largest absolute Gasteiger partial charge is 0.395 e. The van der Waals surface area contributed by atoms with E-state index in [0.29, 0.717) is 32.9 Å². The SMILES string of the molecule is Cc1nc(NC(=O)c2nnn(Cc3ccc(Cl)c(Cl)c3)c2C)sc1C(=O)NCCO. The molecule has 3 aromatic rings. The van der Waals surface area contributed by atoms with Crippen molar-refractivity contribution in [2.24, 2.45) is 0 Å². The summed E-state index contributed by atoms with van der Waals surface area (Å²) in [6.45, 7) is 3.74. The molecule has 0 radical (unpaired) electrons. The number of rotatable bonds is 7. The number of carbonyl (C=O) groups is 2. The third-order valence-corrected chi connectivity index (χ3v) is 5.95. The first-order chi connectivity index (χ1) is 14.3. The number of aromatic nitrogens is 4. The monoisotopic (exact) mass is 468 g/mol. The molecule has 0 unspecified atom stereocenters. The van der Waals surface area contributed by atoms with Gasteiger partial charge in [-0.1, -0.05) is 45.8 Å². The highest BCUT2D eigenvalue weighted by molar-refractivity contribution is 7.17. The number of benzene rings is 1. The topological polar surface area (TPSA) is 122 Å². The van der Waals surface area contributed by atoms with Gasteiger partial charge in [-0.2, -0.15) is 0 Å². The quantitative estimate of drug-likeness (QED) is 0.489. The predicted octanol–water partition coefficient (Wildman–Crippen LogP) is 2.68. The van der Waals surface area contributed by atoms with E-state index in [-0.39, 0.29) is 29.9 Å². The van der Waals surface area contributed by atoms with Gasteiger partial charge in [0, 0.05) is 6.54 Å². The Morgan fingerprint density at radius 1 is 1.20 bits per heavy atom. The predicted molar refractivity (Wildman–Crippen MR) is 115 cm³/mol. The molecule has 2 amide bonds. The maximum atomic E-state index is 12.6. The molecule has 3 N–H and O–H groups in total. The fourth-order valence-electron chi connectivity index (χ4n) is 2.60. The van der Waals surface area contributed by atoms with Gasteiger partial charge in [0.05, 0.1) is 34.6 Å². The van der Waals surface area contributed by atoms with Crippen LogP contribution in [0, 0.1) is 13.8 Å². The van der Waals surface area contributed by atoms with Crippen LogP contribution < -0.4 is 10.6 Å². The Bertz CT molecular complexity index is 1100. The smallest absolute Gasteiger partial charge is 0.279 e. The minimum Gasteiger partial charge on any atom is -0.395 e. The van der Waals surface area contributed by atoms with Crippen molar-refractivity contribution in [3.8, 4) is 0 Å². The molecule has 0 fully saturated rings. The van der Waals surface area contributed by atoms with Crippen LogP contribution in [0.5, 0.6) is 0 Å². The molecule has 0 aliphatic carbocycles. The number of amides is 2. The molecule has 0 bridgehead atoms. The van der Waals surface area contributed by atoms with Crippen LogP contribution in [0.2, 0.25) is 10.0 Å². The Kier molecular flexibility index (Phi) is 7.03. The number of nitrogens with zero attached hydrogens (tertiary/aromatic N) is 4.